The Morgan fingerprint density at radius 1 is 0.906 bits per heavy atom. The number of methoxy groups -OCH3 is 1. The summed E-state index contributed by atoms with van der Waals surface area (Å²) in [6, 6.07) is 15.0. The fourth-order valence-corrected chi connectivity index (χ4v) is 3.73. The summed E-state index contributed by atoms with van der Waals surface area (Å²) in [6.45, 7) is 6.14. The highest BCUT2D eigenvalue weighted by Gasteiger charge is 2.39. The van der Waals surface area contributed by atoms with Gasteiger partial charge in [-0.15, -0.1) is 0 Å². The van der Waals surface area contributed by atoms with Gasteiger partial charge in [0.25, 0.3) is 11.8 Å². The molecule has 0 bridgehead atoms. The number of pyridine rings is 1. The number of nitrogens with one attached hydrogen (secondary N) is 1. The Morgan fingerprint density at radius 3 is 2.34 bits per heavy atom. The normalized spacial score (nSPS) is 13.7. The van der Waals surface area contributed by atoms with Gasteiger partial charge in [-0.05, 0) is 72.9 Å². The lowest BCUT2D eigenvalue weighted by atomic mass is 9.99. The summed E-state index contributed by atoms with van der Waals surface area (Å²) in [5.41, 5.74) is 5.95. The molecule has 0 fully saturated rings. The Hall–Kier alpha value is -3.93. The summed E-state index contributed by atoms with van der Waals surface area (Å²) in [4.78, 5) is 32.3. The maximum absolute atomic E-state index is 13.5. The van der Waals surface area contributed by atoms with Crippen molar-refractivity contribution in [3.05, 3.63) is 94.4 Å². The van der Waals surface area contributed by atoms with Crippen LogP contribution in [0.1, 0.15) is 27.8 Å². The lowest BCUT2D eigenvalue weighted by molar-refractivity contribution is -0.137. The minimum absolute atomic E-state index is 0.171. The molecule has 32 heavy (non-hydrogen) atoms. The third kappa shape index (κ3) is 3.99. The summed E-state index contributed by atoms with van der Waals surface area (Å²) in [6.07, 6.45) is 3.30. The smallest absolute Gasteiger partial charge is 0.278 e. The number of aromatic nitrogens is 1. The second kappa shape index (κ2) is 8.67. The van der Waals surface area contributed by atoms with Crippen molar-refractivity contribution < 1.29 is 14.3 Å². The number of carbonyl (C=O) groups is 2. The molecule has 4 rings (SSSR count). The number of carbonyl (C=O) groups excluding carboxylic acids is 2. The third-order valence-corrected chi connectivity index (χ3v) is 5.67. The predicted molar refractivity (Wildman–Crippen MR) is 124 cm³/mol. The summed E-state index contributed by atoms with van der Waals surface area (Å²) in [5, 5.41) is 3.21. The van der Waals surface area contributed by atoms with Crippen molar-refractivity contribution in [1.82, 2.24) is 9.88 Å². The average Bonchev–Trinajstić information content (AvgIpc) is 3.01. The molecule has 0 atom stereocenters. The molecule has 1 aromatic heterocycles. The molecular formula is C26H25N3O3. The molecule has 0 spiro atoms. The highest BCUT2D eigenvalue weighted by Crippen LogP contribution is 2.35. The summed E-state index contributed by atoms with van der Waals surface area (Å²) in [7, 11) is 1.58. The molecule has 162 valence electrons. The van der Waals surface area contributed by atoms with E-state index >= 15 is 0 Å². The zero-order valence-corrected chi connectivity index (χ0v) is 18.6. The fraction of sp³-hybridized carbons (Fsp3) is 0.192. The number of rotatable bonds is 6. The van der Waals surface area contributed by atoms with Crippen molar-refractivity contribution in [2.24, 2.45) is 0 Å². The predicted octanol–water partition coefficient (Wildman–Crippen LogP) is 4.41. The standard InChI is InChI=1S/C26H25N3O3/c1-16-5-8-22(32-4)21(13-16)28-24-23(20-7-6-17(2)18(3)14-20)25(30)29(26(24)31)15-19-9-11-27-12-10-19/h5-14,28H,15H2,1-4H3. The van der Waals surface area contributed by atoms with E-state index in [0.717, 1.165) is 22.3 Å². The fourth-order valence-electron chi connectivity index (χ4n) is 3.73. The van der Waals surface area contributed by atoms with E-state index in [4.69, 9.17) is 4.74 Å². The molecule has 6 heteroatoms. The largest absolute Gasteiger partial charge is 0.495 e. The van der Waals surface area contributed by atoms with Gasteiger partial charge in [0.15, 0.2) is 0 Å². The molecule has 1 N–H and O–H groups in total. The minimum Gasteiger partial charge on any atom is -0.495 e. The Balaban J connectivity index is 1.81. The molecular weight excluding hydrogens is 402 g/mol. The van der Waals surface area contributed by atoms with E-state index in [-0.39, 0.29) is 24.1 Å². The monoisotopic (exact) mass is 427 g/mol. The number of amides is 2. The van der Waals surface area contributed by atoms with E-state index in [0.29, 0.717) is 22.6 Å². The zero-order chi connectivity index (χ0) is 22.8. The number of benzene rings is 2. The molecule has 3 aromatic rings. The molecule has 0 radical (unpaired) electrons. The van der Waals surface area contributed by atoms with Crippen LogP contribution in [0.25, 0.3) is 5.57 Å². The molecule has 0 saturated heterocycles. The van der Waals surface area contributed by atoms with E-state index in [9.17, 15) is 9.59 Å². The van der Waals surface area contributed by atoms with Crippen molar-refractivity contribution >= 4 is 23.1 Å². The number of nitrogens with zero attached hydrogens (tertiary/aromatic N) is 2. The molecule has 6 nitrogen and oxygen atoms in total. The van der Waals surface area contributed by atoms with Crippen molar-refractivity contribution in [1.29, 1.82) is 0 Å². The quantitative estimate of drug-likeness (QED) is 0.590. The second-order valence-corrected chi connectivity index (χ2v) is 7.93. The van der Waals surface area contributed by atoms with Crippen LogP contribution in [-0.2, 0) is 16.1 Å². The summed E-state index contributed by atoms with van der Waals surface area (Å²) in [5.74, 6) is -0.108. The first-order chi connectivity index (χ1) is 15.4. The van der Waals surface area contributed by atoms with E-state index in [1.165, 1.54) is 4.90 Å². The van der Waals surface area contributed by atoms with Crippen LogP contribution in [0.15, 0.2) is 66.6 Å². The van der Waals surface area contributed by atoms with Gasteiger partial charge in [0, 0.05) is 12.4 Å². The van der Waals surface area contributed by atoms with Gasteiger partial charge in [-0.2, -0.15) is 0 Å². The van der Waals surface area contributed by atoms with E-state index in [1.807, 2.05) is 57.2 Å². The van der Waals surface area contributed by atoms with Crippen LogP contribution in [0, 0.1) is 20.8 Å². The van der Waals surface area contributed by atoms with Crippen molar-refractivity contribution in [2.75, 3.05) is 12.4 Å². The molecule has 1 aliphatic heterocycles. The van der Waals surface area contributed by atoms with Crippen LogP contribution < -0.4 is 10.1 Å². The van der Waals surface area contributed by atoms with Crippen LogP contribution >= 0.6 is 0 Å². The van der Waals surface area contributed by atoms with Gasteiger partial charge in [-0.1, -0.05) is 24.3 Å². The van der Waals surface area contributed by atoms with Crippen LogP contribution in [-0.4, -0.2) is 28.8 Å². The van der Waals surface area contributed by atoms with E-state index in [1.54, 1.807) is 31.6 Å². The maximum atomic E-state index is 13.5. The number of anilines is 1. The number of ether oxygens (including phenoxy) is 1. The topological polar surface area (TPSA) is 71.5 Å². The van der Waals surface area contributed by atoms with Gasteiger partial charge in [0.2, 0.25) is 0 Å². The SMILES string of the molecule is COc1ccc(C)cc1NC1=C(c2ccc(C)c(C)c2)C(=O)N(Cc2ccncc2)C1=O. The van der Waals surface area contributed by atoms with E-state index in [2.05, 4.69) is 10.3 Å². The molecule has 0 unspecified atom stereocenters. The van der Waals surface area contributed by atoms with E-state index < -0.39 is 0 Å². The second-order valence-electron chi connectivity index (χ2n) is 7.93. The number of hydrogen-bond acceptors (Lipinski definition) is 5. The lowest BCUT2D eigenvalue weighted by Crippen LogP contribution is -2.32. The summed E-state index contributed by atoms with van der Waals surface area (Å²) >= 11 is 0. The van der Waals surface area contributed by atoms with Crippen molar-refractivity contribution in [3.8, 4) is 5.75 Å². The molecule has 2 heterocycles. The molecule has 2 amide bonds. The van der Waals surface area contributed by atoms with Gasteiger partial charge in [-0.3, -0.25) is 19.5 Å². The van der Waals surface area contributed by atoms with Gasteiger partial charge in [-0.25, -0.2) is 0 Å². The number of hydrogen-bond donors (Lipinski definition) is 1. The third-order valence-electron chi connectivity index (χ3n) is 5.67. The maximum Gasteiger partial charge on any atom is 0.278 e. The van der Waals surface area contributed by atoms with Crippen LogP contribution in [0.4, 0.5) is 5.69 Å². The minimum atomic E-state index is -0.372. The molecule has 2 aromatic carbocycles. The number of imide groups is 1. The average molecular weight is 428 g/mol. The Morgan fingerprint density at radius 2 is 1.66 bits per heavy atom. The van der Waals surface area contributed by atoms with Gasteiger partial charge >= 0.3 is 0 Å². The van der Waals surface area contributed by atoms with Gasteiger partial charge in [0.05, 0.1) is 24.9 Å². The van der Waals surface area contributed by atoms with Crippen LogP contribution in [0.5, 0.6) is 5.75 Å². The lowest BCUT2D eigenvalue weighted by Gasteiger charge is -2.16. The van der Waals surface area contributed by atoms with Crippen molar-refractivity contribution in [3.63, 3.8) is 0 Å². The molecule has 0 aliphatic carbocycles. The summed E-state index contributed by atoms with van der Waals surface area (Å²) < 4.78 is 5.47. The van der Waals surface area contributed by atoms with Crippen LogP contribution in [0.2, 0.25) is 0 Å². The Kier molecular flexibility index (Phi) is 5.77. The first kappa shape index (κ1) is 21.3. The Labute approximate surface area is 187 Å². The van der Waals surface area contributed by atoms with Gasteiger partial charge < -0.3 is 10.1 Å². The highest BCUT2D eigenvalue weighted by atomic mass is 16.5. The van der Waals surface area contributed by atoms with Crippen LogP contribution in [0.3, 0.4) is 0 Å². The molecule has 0 saturated carbocycles. The zero-order valence-electron chi connectivity index (χ0n) is 18.6. The highest BCUT2D eigenvalue weighted by molar-refractivity contribution is 6.36. The first-order valence-corrected chi connectivity index (χ1v) is 10.4. The first-order valence-electron chi connectivity index (χ1n) is 10.4. The van der Waals surface area contributed by atoms with Crippen molar-refractivity contribution in [2.45, 2.75) is 27.3 Å². The Bertz CT molecular complexity index is 1230. The number of aryl methyl sites for hydroxylation is 3. The molecule has 1 aliphatic rings. The van der Waals surface area contributed by atoms with Gasteiger partial charge in [0.1, 0.15) is 11.4 Å².